The quantitative estimate of drug-likeness (QED) is 0.668. The first-order valence-electron chi connectivity index (χ1n) is 5.73. The molecule has 0 aromatic carbocycles. The normalized spacial score (nSPS) is 15.1. The van der Waals surface area contributed by atoms with Crippen LogP contribution in [0.4, 0.5) is 0 Å². The van der Waals surface area contributed by atoms with Crippen LogP contribution in [0.5, 0.6) is 0 Å². The molecule has 0 radical (unpaired) electrons. The Morgan fingerprint density at radius 1 is 0.938 bits per heavy atom. The topological polar surface area (TPSA) is 25.8 Å². The number of pyridine rings is 2. The van der Waals surface area contributed by atoms with Crippen LogP contribution < -0.4 is 0 Å². The Balaban J connectivity index is 2.26. The molecule has 2 heteroatoms. The van der Waals surface area contributed by atoms with Gasteiger partial charge in [0.05, 0.1) is 11.4 Å². The summed E-state index contributed by atoms with van der Waals surface area (Å²) in [6, 6.07) is 8.37. The van der Waals surface area contributed by atoms with Crippen molar-refractivity contribution in [2.24, 2.45) is 5.92 Å². The molecule has 0 amide bonds. The van der Waals surface area contributed by atoms with E-state index in [4.69, 9.17) is 0 Å². The van der Waals surface area contributed by atoms with Crippen molar-refractivity contribution in [3.05, 3.63) is 47.8 Å². The Bertz CT molecular complexity index is 472. The zero-order chi connectivity index (χ0) is 11.0. The second-order valence-electron chi connectivity index (χ2n) is 4.54. The van der Waals surface area contributed by atoms with Crippen LogP contribution in [0.1, 0.15) is 18.1 Å². The van der Waals surface area contributed by atoms with Gasteiger partial charge in [0.1, 0.15) is 0 Å². The van der Waals surface area contributed by atoms with Gasteiger partial charge >= 0.3 is 0 Å². The molecule has 2 aromatic rings. The number of hydrogen-bond donors (Lipinski definition) is 0. The van der Waals surface area contributed by atoms with Crippen LogP contribution in [-0.2, 0) is 12.8 Å². The van der Waals surface area contributed by atoms with Gasteiger partial charge in [0, 0.05) is 12.4 Å². The van der Waals surface area contributed by atoms with Crippen molar-refractivity contribution in [2.45, 2.75) is 19.8 Å². The summed E-state index contributed by atoms with van der Waals surface area (Å²) in [5.74, 6) is 0.661. The Labute approximate surface area is 95.4 Å². The van der Waals surface area contributed by atoms with E-state index in [0.717, 1.165) is 24.2 Å². The van der Waals surface area contributed by atoms with Crippen LogP contribution in [0.15, 0.2) is 36.7 Å². The first kappa shape index (κ1) is 9.52. The molecule has 1 aliphatic rings. The second-order valence-corrected chi connectivity index (χ2v) is 4.54. The van der Waals surface area contributed by atoms with Crippen molar-refractivity contribution in [2.75, 3.05) is 0 Å². The van der Waals surface area contributed by atoms with Gasteiger partial charge in [0.15, 0.2) is 0 Å². The van der Waals surface area contributed by atoms with Crippen molar-refractivity contribution in [3.63, 3.8) is 0 Å². The molecule has 0 spiro atoms. The minimum atomic E-state index is 0.661. The lowest BCUT2D eigenvalue weighted by atomic mass is 9.98. The summed E-state index contributed by atoms with van der Waals surface area (Å²) in [7, 11) is 0. The van der Waals surface area contributed by atoms with Crippen molar-refractivity contribution >= 4 is 0 Å². The van der Waals surface area contributed by atoms with E-state index in [1.165, 1.54) is 11.1 Å². The number of nitrogens with zero attached hydrogens (tertiary/aromatic N) is 2. The molecule has 2 heterocycles. The summed E-state index contributed by atoms with van der Waals surface area (Å²) in [4.78, 5) is 8.99. The average molecular weight is 210 g/mol. The van der Waals surface area contributed by atoms with Gasteiger partial charge < -0.3 is 0 Å². The number of fused-ring (bicyclic) bond motifs is 3. The summed E-state index contributed by atoms with van der Waals surface area (Å²) in [5, 5.41) is 0. The van der Waals surface area contributed by atoms with E-state index in [1.54, 1.807) is 0 Å². The fourth-order valence-corrected chi connectivity index (χ4v) is 2.46. The highest BCUT2D eigenvalue weighted by Crippen LogP contribution is 2.30. The van der Waals surface area contributed by atoms with Crippen molar-refractivity contribution < 1.29 is 0 Å². The largest absolute Gasteiger partial charge is 0.254 e. The molecule has 1 aliphatic carbocycles. The van der Waals surface area contributed by atoms with E-state index in [9.17, 15) is 0 Å². The van der Waals surface area contributed by atoms with Crippen LogP contribution in [0.2, 0.25) is 0 Å². The molecule has 0 N–H and O–H groups in total. The Morgan fingerprint density at radius 3 is 1.94 bits per heavy atom. The molecule has 0 saturated carbocycles. The van der Waals surface area contributed by atoms with E-state index in [2.05, 4.69) is 29.0 Å². The zero-order valence-corrected chi connectivity index (χ0v) is 9.35. The Hall–Kier alpha value is -1.70. The molecule has 0 fully saturated rings. The molecule has 16 heavy (non-hydrogen) atoms. The standard InChI is InChI=1S/C14H14N2/c1-10-8-11-4-2-6-15-13(11)14-12(9-10)5-3-7-16-14/h2-7,10H,8-9H2,1H3. The molecule has 3 rings (SSSR count). The smallest absolute Gasteiger partial charge is 0.0920 e. The van der Waals surface area contributed by atoms with E-state index in [0.29, 0.717) is 5.92 Å². The highest BCUT2D eigenvalue weighted by atomic mass is 14.8. The van der Waals surface area contributed by atoms with Gasteiger partial charge in [-0.2, -0.15) is 0 Å². The van der Waals surface area contributed by atoms with Gasteiger partial charge in [-0.15, -0.1) is 0 Å². The minimum Gasteiger partial charge on any atom is -0.254 e. The zero-order valence-electron chi connectivity index (χ0n) is 9.35. The van der Waals surface area contributed by atoms with Crippen molar-refractivity contribution in [1.82, 2.24) is 9.97 Å². The van der Waals surface area contributed by atoms with Gasteiger partial charge in [-0.3, -0.25) is 9.97 Å². The van der Waals surface area contributed by atoms with Gasteiger partial charge in [0.2, 0.25) is 0 Å². The predicted molar refractivity (Wildman–Crippen MR) is 64.0 cm³/mol. The van der Waals surface area contributed by atoms with E-state index in [-0.39, 0.29) is 0 Å². The lowest BCUT2D eigenvalue weighted by molar-refractivity contribution is 0.583. The lowest BCUT2D eigenvalue weighted by Crippen LogP contribution is -2.01. The molecule has 0 bridgehead atoms. The molecule has 0 aliphatic heterocycles. The van der Waals surface area contributed by atoms with Gasteiger partial charge in [-0.25, -0.2) is 0 Å². The first-order chi connectivity index (χ1) is 7.84. The fraction of sp³-hybridized carbons (Fsp3) is 0.286. The van der Waals surface area contributed by atoms with Gasteiger partial charge in [-0.05, 0) is 42.0 Å². The van der Waals surface area contributed by atoms with Gasteiger partial charge in [-0.1, -0.05) is 19.1 Å². The highest BCUT2D eigenvalue weighted by Gasteiger charge is 2.19. The van der Waals surface area contributed by atoms with Crippen LogP contribution in [0.3, 0.4) is 0 Å². The van der Waals surface area contributed by atoms with E-state index in [1.807, 2.05) is 24.5 Å². The maximum Gasteiger partial charge on any atom is 0.0920 e. The van der Waals surface area contributed by atoms with Crippen molar-refractivity contribution in [3.8, 4) is 11.4 Å². The van der Waals surface area contributed by atoms with Crippen LogP contribution in [0.25, 0.3) is 11.4 Å². The molecule has 2 nitrogen and oxygen atoms in total. The van der Waals surface area contributed by atoms with Crippen LogP contribution >= 0.6 is 0 Å². The summed E-state index contributed by atoms with van der Waals surface area (Å²) in [6.45, 7) is 2.29. The molecule has 80 valence electrons. The summed E-state index contributed by atoms with van der Waals surface area (Å²) >= 11 is 0. The second kappa shape index (κ2) is 3.71. The van der Waals surface area contributed by atoms with Gasteiger partial charge in [0.25, 0.3) is 0 Å². The lowest BCUT2D eigenvalue weighted by Gasteiger charge is -2.07. The molecular formula is C14H14N2. The van der Waals surface area contributed by atoms with E-state index >= 15 is 0 Å². The average Bonchev–Trinajstić information content (AvgIpc) is 2.44. The molecular weight excluding hydrogens is 196 g/mol. The van der Waals surface area contributed by atoms with Crippen LogP contribution in [-0.4, -0.2) is 9.97 Å². The van der Waals surface area contributed by atoms with E-state index < -0.39 is 0 Å². The number of aromatic nitrogens is 2. The Kier molecular flexibility index (Phi) is 2.21. The number of rotatable bonds is 0. The molecule has 0 saturated heterocycles. The number of hydrogen-bond acceptors (Lipinski definition) is 2. The monoisotopic (exact) mass is 210 g/mol. The predicted octanol–water partition coefficient (Wildman–Crippen LogP) is 2.88. The SMILES string of the molecule is CC1Cc2cccnc2-c2ncccc2C1. The molecule has 2 aromatic heterocycles. The third-order valence-electron chi connectivity index (χ3n) is 3.14. The Morgan fingerprint density at radius 2 is 1.44 bits per heavy atom. The fourth-order valence-electron chi connectivity index (χ4n) is 2.46. The maximum atomic E-state index is 4.49. The summed E-state index contributed by atoms with van der Waals surface area (Å²) < 4.78 is 0. The molecule has 0 unspecified atom stereocenters. The summed E-state index contributed by atoms with van der Waals surface area (Å²) in [5.41, 5.74) is 4.80. The van der Waals surface area contributed by atoms with Crippen molar-refractivity contribution in [1.29, 1.82) is 0 Å². The minimum absolute atomic E-state index is 0.661. The molecule has 0 atom stereocenters. The summed E-state index contributed by atoms with van der Waals surface area (Å²) in [6.07, 6.45) is 5.90. The maximum absolute atomic E-state index is 4.49. The third-order valence-corrected chi connectivity index (χ3v) is 3.14. The highest BCUT2D eigenvalue weighted by molar-refractivity contribution is 5.63. The van der Waals surface area contributed by atoms with Crippen LogP contribution in [0, 0.1) is 5.92 Å². The third kappa shape index (κ3) is 1.51. The first-order valence-corrected chi connectivity index (χ1v) is 5.73.